The Morgan fingerprint density at radius 1 is 1.41 bits per heavy atom. The van der Waals surface area contributed by atoms with Gasteiger partial charge in [0.1, 0.15) is 12.1 Å². The third-order valence-corrected chi connectivity index (χ3v) is 3.13. The number of rotatable bonds is 0. The first-order chi connectivity index (χ1) is 7.80. The summed E-state index contributed by atoms with van der Waals surface area (Å²) in [4.78, 5) is 25.0. The summed E-state index contributed by atoms with van der Waals surface area (Å²) < 4.78 is 5.31. The van der Waals surface area contributed by atoms with Crippen molar-refractivity contribution in [2.24, 2.45) is 5.41 Å². The highest BCUT2D eigenvalue weighted by Crippen LogP contribution is 2.46. The van der Waals surface area contributed by atoms with Crippen molar-refractivity contribution in [2.45, 2.75) is 39.2 Å². The van der Waals surface area contributed by atoms with Gasteiger partial charge in [0, 0.05) is 18.5 Å². The van der Waals surface area contributed by atoms with Crippen molar-refractivity contribution in [3.63, 3.8) is 0 Å². The van der Waals surface area contributed by atoms with Gasteiger partial charge in [-0.2, -0.15) is 0 Å². The summed E-state index contributed by atoms with van der Waals surface area (Å²) >= 11 is 0. The molecule has 5 nitrogen and oxygen atoms in total. The van der Waals surface area contributed by atoms with Crippen LogP contribution < -0.4 is 5.32 Å². The zero-order chi connectivity index (χ0) is 12.7. The minimum absolute atomic E-state index is 0.0976. The van der Waals surface area contributed by atoms with Gasteiger partial charge in [-0.1, -0.05) is 0 Å². The van der Waals surface area contributed by atoms with E-state index in [0.29, 0.717) is 13.1 Å². The SMILES string of the molecule is CC(C)(C)OC(=O)N1CC(=O)NCC2(CC2)C1. The lowest BCUT2D eigenvalue weighted by Crippen LogP contribution is -2.41. The van der Waals surface area contributed by atoms with Gasteiger partial charge in [0.15, 0.2) is 0 Å². The lowest BCUT2D eigenvalue weighted by Gasteiger charge is -2.27. The molecule has 5 heteroatoms. The van der Waals surface area contributed by atoms with Crippen LogP contribution in [0.1, 0.15) is 33.6 Å². The Morgan fingerprint density at radius 2 is 2.06 bits per heavy atom. The molecule has 1 spiro atoms. The van der Waals surface area contributed by atoms with Crippen LogP contribution in [-0.2, 0) is 9.53 Å². The summed E-state index contributed by atoms with van der Waals surface area (Å²) in [5, 5.41) is 2.86. The van der Waals surface area contributed by atoms with Gasteiger partial charge in [-0.15, -0.1) is 0 Å². The van der Waals surface area contributed by atoms with Gasteiger partial charge in [0.2, 0.25) is 5.91 Å². The van der Waals surface area contributed by atoms with Gasteiger partial charge < -0.3 is 10.1 Å². The van der Waals surface area contributed by atoms with Crippen molar-refractivity contribution in [2.75, 3.05) is 19.6 Å². The monoisotopic (exact) mass is 240 g/mol. The summed E-state index contributed by atoms with van der Waals surface area (Å²) in [5.41, 5.74) is -0.403. The van der Waals surface area contributed by atoms with Gasteiger partial charge in [0.05, 0.1) is 0 Å². The van der Waals surface area contributed by atoms with E-state index in [1.54, 1.807) is 0 Å². The second kappa shape index (κ2) is 3.89. The number of carbonyl (C=O) groups is 2. The molecule has 0 aromatic carbocycles. The first-order valence-electron chi connectivity index (χ1n) is 6.04. The van der Waals surface area contributed by atoms with E-state index < -0.39 is 5.60 Å². The van der Waals surface area contributed by atoms with E-state index in [9.17, 15) is 9.59 Å². The van der Waals surface area contributed by atoms with E-state index in [2.05, 4.69) is 5.32 Å². The van der Waals surface area contributed by atoms with Crippen molar-refractivity contribution in [1.29, 1.82) is 0 Å². The fourth-order valence-corrected chi connectivity index (χ4v) is 2.00. The molecule has 1 saturated carbocycles. The van der Waals surface area contributed by atoms with Gasteiger partial charge in [-0.25, -0.2) is 4.79 Å². The molecule has 0 atom stereocenters. The molecule has 0 aromatic heterocycles. The minimum atomic E-state index is -0.517. The summed E-state index contributed by atoms with van der Waals surface area (Å²) in [6, 6.07) is 0. The van der Waals surface area contributed by atoms with Crippen molar-refractivity contribution in [3.8, 4) is 0 Å². The Labute approximate surface area is 101 Å². The Bertz CT molecular complexity index is 342. The topological polar surface area (TPSA) is 58.6 Å². The minimum Gasteiger partial charge on any atom is -0.444 e. The van der Waals surface area contributed by atoms with Crippen LogP contribution in [0.25, 0.3) is 0 Å². The normalized spacial score (nSPS) is 23.0. The third kappa shape index (κ3) is 3.11. The zero-order valence-electron chi connectivity index (χ0n) is 10.7. The largest absolute Gasteiger partial charge is 0.444 e. The molecule has 1 aliphatic carbocycles. The second-order valence-corrected chi connectivity index (χ2v) is 6.11. The van der Waals surface area contributed by atoms with Crippen LogP contribution in [0.4, 0.5) is 4.79 Å². The molecule has 0 radical (unpaired) electrons. The van der Waals surface area contributed by atoms with Crippen LogP contribution in [-0.4, -0.2) is 42.1 Å². The summed E-state index contributed by atoms with van der Waals surface area (Å²) in [7, 11) is 0. The first-order valence-corrected chi connectivity index (χ1v) is 6.04. The molecular weight excluding hydrogens is 220 g/mol. The summed E-state index contributed by atoms with van der Waals surface area (Å²) in [5.74, 6) is -0.0976. The van der Waals surface area contributed by atoms with Crippen molar-refractivity contribution < 1.29 is 14.3 Å². The van der Waals surface area contributed by atoms with Crippen molar-refractivity contribution in [1.82, 2.24) is 10.2 Å². The highest BCUT2D eigenvalue weighted by Gasteiger charge is 2.47. The fourth-order valence-electron chi connectivity index (χ4n) is 2.00. The molecule has 0 aromatic rings. The zero-order valence-corrected chi connectivity index (χ0v) is 10.7. The van der Waals surface area contributed by atoms with Gasteiger partial charge in [0.25, 0.3) is 0 Å². The Balaban J connectivity index is 2.02. The van der Waals surface area contributed by atoms with E-state index >= 15 is 0 Å². The number of nitrogens with zero attached hydrogens (tertiary/aromatic N) is 1. The number of hydrogen-bond acceptors (Lipinski definition) is 3. The molecule has 2 rings (SSSR count). The number of hydrogen-bond donors (Lipinski definition) is 1. The summed E-state index contributed by atoms with van der Waals surface area (Å²) in [6.45, 7) is 6.91. The van der Waals surface area contributed by atoms with Crippen LogP contribution in [0.3, 0.4) is 0 Å². The van der Waals surface area contributed by atoms with Gasteiger partial charge in [-0.05, 0) is 33.6 Å². The predicted octanol–water partition coefficient (Wildman–Crippen LogP) is 1.13. The number of ether oxygens (including phenoxy) is 1. The highest BCUT2D eigenvalue weighted by molar-refractivity contribution is 5.83. The van der Waals surface area contributed by atoms with Crippen molar-refractivity contribution >= 4 is 12.0 Å². The van der Waals surface area contributed by atoms with Crippen LogP contribution in [0, 0.1) is 5.41 Å². The molecule has 1 heterocycles. The number of amides is 2. The van der Waals surface area contributed by atoms with Crippen LogP contribution in [0.15, 0.2) is 0 Å². The lowest BCUT2D eigenvalue weighted by molar-refractivity contribution is -0.121. The maximum Gasteiger partial charge on any atom is 0.410 e. The Kier molecular flexibility index (Phi) is 2.79. The van der Waals surface area contributed by atoms with Crippen LogP contribution >= 0.6 is 0 Å². The first kappa shape index (κ1) is 12.2. The molecule has 0 bridgehead atoms. The van der Waals surface area contributed by atoms with E-state index in [1.807, 2.05) is 20.8 Å². The number of nitrogens with one attached hydrogen (secondary N) is 1. The van der Waals surface area contributed by atoms with Crippen LogP contribution in [0.2, 0.25) is 0 Å². The molecule has 2 amide bonds. The average molecular weight is 240 g/mol. The molecule has 1 N–H and O–H groups in total. The second-order valence-electron chi connectivity index (χ2n) is 6.11. The molecule has 0 unspecified atom stereocenters. The maximum absolute atomic E-state index is 12.0. The van der Waals surface area contributed by atoms with E-state index in [0.717, 1.165) is 12.8 Å². The molecule has 96 valence electrons. The standard InChI is InChI=1S/C12H20N2O3/c1-11(2,3)17-10(16)14-6-9(15)13-7-12(8-14)4-5-12/h4-8H2,1-3H3,(H,13,15). The highest BCUT2D eigenvalue weighted by atomic mass is 16.6. The molecule has 1 aliphatic heterocycles. The average Bonchev–Trinajstić information content (AvgIpc) is 2.94. The van der Waals surface area contributed by atoms with Crippen LogP contribution in [0.5, 0.6) is 0 Å². The molecule has 2 aliphatic rings. The quantitative estimate of drug-likeness (QED) is 0.690. The van der Waals surface area contributed by atoms with E-state index in [1.165, 1.54) is 4.90 Å². The van der Waals surface area contributed by atoms with Crippen molar-refractivity contribution in [3.05, 3.63) is 0 Å². The maximum atomic E-state index is 12.0. The molecular formula is C12H20N2O3. The molecule has 2 fully saturated rings. The predicted molar refractivity (Wildman–Crippen MR) is 62.5 cm³/mol. The number of carbonyl (C=O) groups excluding carboxylic acids is 2. The lowest BCUT2D eigenvalue weighted by atomic mass is 10.1. The fraction of sp³-hybridized carbons (Fsp3) is 0.833. The smallest absolute Gasteiger partial charge is 0.410 e. The Hall–Kier alpha value is -1.26. The van der Waals surface area contributed by atoms with Gasteiger partial charge in [-0.3, -0.25) is 9.69 Å². The van der Waals surface area contributed by atoms with E-state index in [4.69, 9.17) is 4.74 Å². The molecule has 1 saturated heterocycles. The summed E-state index contributed by atoms with van der Waals surface area (Å²) in [6.07, 6.45) is 1.76. The third-order valence-electron chi connectivity index (χ3n) is 3.13. The van der Waals surface area contributed by atoms with E-state index in [-0.39, 0.29) is 24.0 Å². The van der Waals surface area contributed by atoms with Gasteiger partial charge >= 0.3 is 6.09 Å². The Morgan fingerprint density at radius 3 is 2.59 bits per heavy atom. The molecule has 17 heavy (non-hydrogen) atoms.